The minimum absolute atomic E-state index is 0.0154. The van der Waals surface area contributed by atoms with E-state index in [9.17, 15) is 9.59 Å². The van der Waals surface area contributed by atoms with Crippen molar-refractivity contribution in [1.82, 2.24) is 0 Å². The van der Waals surface area contributed by atoms with Gasteiger partial charge in [0.2, 0.25) is 5.91 Å². The molecule has 5 nitrogen and oxygen atoms in total. The maximum atomic E-state index is 11.6. The van der Waals surface area contributed by atoms with Crippen LogP contribution in [0.15, 0.2) is 12.1 Å². The first-order valence-electron chi connectivity index (χ1n) is 5.71. The van der Waals surface area contributed by atoms with Gasteiger partial charge >= 0.3 is 5.97 Å². The maximum absolute atomic E-state index is 11.6. The zero-order chi connectivity index (χ0) is 13.3. The predicted octanol–water partition coefficient (Wildman–Crippen LogP) is 1.75. The number of methoxy groups -OCH3 is 1. The van der Waals surface area contributed by atoms with Gasteiger partial charge in [-0.1, -0.05) is 0 Å². The van der Waals surface area contributed by atoms with Crippen molar-refractivity contribution in [2.45, 2.75) is 26.4 Å². The molecule has 1 heterocycles. The van der Waals surface area contributed by atoms with Gasteiger partial charge in [0, 0.05) is 24.6 Å². The van der Waals surface area contributed by atoms with Crippen molar-refractivity contribution in [3.8, 4) is 5.75 Å². The second kappa shape index (κ2) is 4.68. The molecule has 0 aromatic heterocycles. The van der Waals surface area contributed by atoms with Gasteiger partial charge in [0.25, 0.3) is 0 Å². The third-order valence-corrected chi connectivity index (χ3v) is 2.79. The molecule has 0 saturated heterocycles. The van der Waals surface area contributed by atoms with Gasteiger partial charge in [-0.3, -0.25) is 4.79 Å². The zero-order valence-corrected chi connectivity index (χ0v) is 10.6. The molecule has 1 unspecified atom stereocenters. The van der Waals surface area contributed by atoms with Crippen LogP contribution in [0.2, 0.25) is 0 Å². The Kier molecular flexibility index (Phi) is 3.23. The van der Waals surface area contributed by atoms with Crippen LogP contribution in [0.4, 0.5) is 5.69 Å². The highest BCUT2D eigenvalue weighted by atomic mass is 16.5. The molecule has 1 aliphatic rings. The lowest BCUT2D eigenvalue weighted by Crippen LogP contribution is -2.09. The number of hydrogen-bond acceptors (Lipinski definition) is 4. The fourth-order valence-corrected chi connectivity index (χ4v) is 2.07. The summed E-state index contributed by atoms with van der Waals surface area (Å²) in [6.07, 6.45) is 0.647. The van der Waals surface area contributed by atoms with Gasteiger partial charge in [-0.25, -0.2) is 4.79 Å². The average molecular weight is 249 g/mol. The molecule has 0 radical (unpaired) electrons. The maximum Gasteiger partial charge on any atom is 0.341 e. The lowest BCUT2D eigenvalue weighted by Gasteiger charge is -2.10. The van der Waals surface area contributed by atoms with E-state index in [1.807, 2.05) is 6.92 Å². The van der Waals surface area contributed by atoms with E-state index in [0.717, 1.165) is 5.56 Å². The standard InChI is InChI=1S/C13H15NO4/c1-7-6-10-11(14-8(2)15)5-4-9(12(10)18-7)13(16)17-3/h4-5,7H,6H2,1-3H3,(H,14,15). The topological polar surface area (TPSA) is 64.6 Å². The highest BCUT2D eigenvalue weighted by Gasteiger charge is 2.28. The molecule has 5 heteroatoms. The number of ether oxygens (including phenoxy) is 2. The van der Waals surface area contributed by atoms with Gasteiger partial charge in [-0.2, -0.15) is 0 Å². The van der Waals surface area contributed by atoms with Crippen molar-refractivity contribution in [2.75, 3.05) is 12.4 Å². The molecule has 0 fully saturated rings. The lowest BCUT2D eigenvalue weighted by molar-refractivity contribution is -0.114. The fourth-order valence-electron chi connectivity index (χ4n) is 2.07. The minimum atomic E-state index is -0.435. The molecule has 1 aromatic rings. The number of anilines is 1. The summed E-state index contributed by atoms with van der Waals surface area (Å²) in [7, 11) is 1.33. The van der Waals surface area contributed by atoms with Gasteiger partial charge in [-0.05, 0) is 19.1 Å². The number of hydrogen-bond donors (Lipinski definition) is 1. The Labute approximate surface area is 105 Å². The number of fused-ring (bicyclic) bond motifs is 1. The summed E-state index contributed by atoms with van der Waals surface area (Å²) in [5.74, 6) is -0.0714. The molecule has 18 heavy (non-hydrogen) atoms. The minimum Gasteiger partial charge on any atom is -0.489 e. The van der Waals surface area contributed by atoms with E-state index in [-0.39, 0.29) is 12.0 Å². The van der Waals surface area contributed by atoms with Crippen molar-refractivity contribution >= 4 is 17.6 Å². The van der Waals surface area contributed by atoms with E-state index in [0.29, 0.717) is 23.4 Å². The highest BCUT2D eigenvalue weighted by Crippen LogP contribution is 2.38. The molecule has 96 valence electrons. The second-order valence-corrected chi connectivity index (χ2v) is 4.27. The summed E-state index contributed by atoms with van der Waals surface area (Å²) >= 11 is 0. The summed E-state index contributed by atoms with van der Waals surface area (Å²) in [4.78, 5) is 22.7. The Bertz CT molecular complexity index is 510. The van der Waals surface area contributed by atoms with Crippen molar-refractivity contribution in [3.63, 3.8) is 0 Å². The third kappa shape index (κ3) is 2.16. The number of carbonyl (C=O) groups is 2. The van der Waals surface area contributed by atoms with Gasteiger partial charge in [0.1, 0.15) is 17.4 Å². The van der Waals surface area contributed by atoms with E-state index < -0.39 is 5.97 Å². The third-order valence-electron chi connectivity index (χ3n) is 2.79. The van der Waals surface area contributed by atoms with Crippen molar-refractivity contribution in [3.05, 3.63) is 23.3 Å². The molecule has 1 amide bonds. The Morgan fingerprint density at radius 2 is 2.17 bits per heavy atom. The highest BCUT2D eigenvalue weighted by molar-refractivity contribution is 5.96. The van der Waals surface area contributed by atoms with Crippen LogP contribution in [0.5, 0.6) is 5.75 Å². The lowest BCUT2D eigenvalue weighted by atomic mass is 10.0. The Hall–Kier alpha value is -2.04. The summed E-state index contributed by atoms with van der Waals surface area (Å²) in [6.45, 7) is 3.36. The summed E-state index contributed by atoms with van der Waals surface area (Å²) < 4.78 is 10.3. The van der Waals surface area contributed by atoms with E-state index in [1.165, 1.54) is 14.0 Å². The number of amides is 1. The number of benzene rings is 1. The smallest absolute Gasteiger partial charge is 0.341 e. The van der Waals surface area contributed by atoms with Crippen molar-refractivity contribution in [2.24, 2.45) is 0 Å². The molecular formula is C13H15NO4. The van der Waals surface area contributed by atoms with Gasteiger partial charge in [-0.15, -0.1) is 0 Å². The van der Waals surface area contributed by atoms with E-state index in [4.69, 9.17) is 9.47 Å². The van der Waals surface area contributed by atoms with Crippen LogP contribution in [-0.4, -0.2) is 25.1 Å². The first kappa shape index (κ1) is 12.4. The molecule has 0 aliphatic carbocycles. The quantitative estimate of drug-likeness (QED) is 0.811. The van der Waals surface area contributed by atoms with Gasteiger partial charge < -0.3 is 14.8 Å². The molecule has 1 aromatic carbocycles. The van der Waals surface area contributed by atoms with Crippen LogP contribution >= 0.6 is 0 Å². The molecule has 0 saturated carbocycles. The largest absolute Gasteiger partial charge is 0.489 e. The second-order valence-electron chi connectivity index (χ2n) is 4.27. The Balaban J connectivity index is 2.48. The molecule has 0 spiro atoms. The number of carbonyl (C=O) groups excluding carboxylic acids is 2. The van der Waals surface area contributed by atoms with Crippen LogP contribution < -0.4 is 10.1 Å². The summed E-state index contributed by atoms with van der Waals surface area (Å²) in [5.41, 5.74) is 1.93. The summed E-state index contributed by atoms with van der Waals surface area (Å²) in [6, 6.07) is 3.31. The SMILES string of the molecule is COC(=O)c1ccc(NC(C)=O)c2c1OC(C)C2. The first-order chi connectivity index (χ1) is 8.52. The van der Waals surface area contributed by atoms with Gasteiger partial charge in [0.15, 0.2) is 0 Å². The molecule has 1 atom stereocenters. The van der Waals surface area contributed by atoms with E-state index >= 15 is 0 Å². The Morgan fingerprint density at radius 3 is 2.78 bits per heavy atom. The van der Waals surface area contributed by atoms with Crippen LogP contribution in [0.1, 0.15) is 29.8 Å². The van der Waals surface area contributed by atoms with Crippen LogP contribution in [-0.2, 0) is 16.0 Å². The molecule has 1 N–H and O–H groups in total. The normalized spacial score (nSPS) is 16.7. The summed E-state index contributed by atoms with van der Waals surface area (Å²) in [5, 5.41) is 2.74. The number of rotatable bonds is 2. The molecule has 1 aliphatic heterocycles. The Morgan fingerprint density at radius 1 is 1.44 bits per heavy atom. The fraction of sp³-hybridized carbons (Fsp3) is 0.385. The van der Waals surface area contributed by atoms with Crippen LogP contribution in [0.3, 0.4) is 0 Å². The van der Waals surface area contributed by atoms with E-state index in [1.54, 1.807) is 12.1 Å². The molecular weight excluding hydrogens is 234 g/mol. The van der Waals surface area contributed by atoms with Crippen molar-refractivity contribution in [1.29, 1.82) is 0 Å². The predicted molar refractivity (Wildman–Crippen MR) is 65.9 cm³/mol. The monoisotopic (exact) mass is 249 g/mol. The van der Waals surface area contributed by atoms with Crippen molar-refractivity contribution < 1.29 is 19.1 Å². The molecule has 0 bridgehead atoms. The first-order valence-corrected chi connectivity index (χ1v) is 5.71. The zero-order valence-electron chi connectivity index (χ0n) is 10.6. The van der Waals surface area contributed by atoms with E-state index in [2.05, 4.69) is 5.32 Å². The number of nitrogens with one attached hydrogen (secondary N) is 1. The number of esters is 1. The molecule has 2 rings (SSSR count). The van der Waals surface area contributed by atoms with Gasteiger partial charge in [0.05, 0.1) is 7.11 Å². The average Bonchev–Trinajstić information content (AvgIpc) is 2.69. The van der Waals surface area contributed by atoms with Crippen LogP contribution in [0, 0.1) is 0 Å². The van der Waals surface area contributed by atoms with Crippen LogP contribution in [0.25, 0.3) is 0 Å².